The Labute approximate surface area is 108 Å². The molecule has 0 bridgehead atoms. The molecule has 1 aromatic rings. The van der Waals surface area contributed by atoms with Crippen LogP contribution in [0.2, 0.25) is 0 Å². The molecular weight excluding hydrogens is 230 g/mol. The first-order chi connectivity index (χ1) is 8.11. The Hall–Kier alpha value is -0.510. The van der Waals surface area contributed by atoms with E-state index in [-0.39, 0.29) is 12.0 Å². The van der Waals surface area contributed by atoms with Crippen LogP contribution >= 0.6 is 11.8 Å². The first-order valence-electron chi connectivity index (χ1n) is 6.17. The average Bonchev–Trinajstić information content (AvgIpc) is 2.71. The predicted octanol–water partition coefficient (Wildman–Crippen LogP) is 2.31. The second-order valence-corrected chi connectivity index (χ2v) is 6.85. The van der Waals surface area contributed by atoms with Crippen LogP contribution < -0.4 is 5.32 Å². The molecule has 1 atom stereocenters. The SMILES string of the molecule is CC(C)(CO)CNCC1Cc2ccccc2S1. The Balaban J connectivity index is 1.77. The molecule has 17 heavy (non-hydrogen) atoms. The number of rotatable bonds is 5. The summed E-state index contributed by atoms with van der Waals surface area (Å²) in [7, 11) is 0. The maximum Gasteiger partial charge on any atom is 0.0494 e. The molecule has 1 unspecified atom stereocenters. The fourth-order valence-corrected chi connectivity index (χ4v) is 3.28. The molecule has 0 aliphatic carbocycles. The van der Waals surface area contributed by atoms with Crippen molar-refractivity contribution in [2.45, 2.75) is 30.4 Å². The minimum Gasteiger partial charge on any atom is -0.396 e. The third-order valence-electron chi connectivity index (χ3n) is 3.12. The smallest absolute Gasteiger partial charge is 0.0494 e. The number of aliphatic hydroxyl groups is 1. The lowest BCUT2D eigenvalue weighted by molar-refractivity contribution is 0.157. The topological polar surface area (TPSA) is 32.3 Å². The van der Waals surface area contributed by atoms with Gasteiger partial charge in [0.15, 0.2) is 0 Å². The van der Waals surface area contributed by atoms with Crippen LogP contribution in [0.5, 0.6) is 0 Å². The fraction of sp³-hybridized carbons (Fsp3) is 0.571. The van der Waals surface area contributed by atoms with Crippen LogP contribution in [0.15, 0.2) is 29.2 Å². The minimum atomic E-state index is -0.0177. The van der Waals surface area contributed by atoms with Gasteiger partial charge in [-0.25, -0.2) is 0 Å². The van der Waals surface area contributed by atoms with Crippen molar-refractivity contribution in [2.75, 3.05) is 19.7 Å². The summed E-state index contributed by atoms with van der Waals surface area (Å²) >= 11 is 1.97. The van der Waals surface area contributed by atoms with E-state index in [1.54, 1.807) is 0 Å². The van der Waals surface area contributed by atoms with Gasteiger partial charge in [0.2, 0.25) is 0 Å². The van der Waals surface area contributed by atoms with Crippen LogP contribution in [0.4, 0.5) is 0 Å². The van der Waals surface area contributed by atoms with Gasteiger partial charge in [-0.1, -0.05) is 32.0 Å². The summed E-state index contributed by atoms with van der Waals surface area (Å²) in [5, 5.41) is 13.3. The molecule has 0 saturated heterocycles. The van der Waals surface area contributed by atoms with Crippen LogP contribution in [0.25, 0.3) is 0 Å². The zero-order valence-corrected chi connectivity index (χ0v) is 11.4. The maximum absolute atomic E-state index is 9.18. The lowest BCUT2D eigenvalue weighted by atomic mass is 9.95. The lowest BCUT2D eigenvalue weighted by Gasteiger charge is -2.23. The van der Waals surface area contributed by atoms with Crippen LogP contribution in [-0.4, -0.2) is 30.1 Å². The number of nitrogens with one attached hydrogen (secondary N) is 1. The van der Waals surface area contributed by atoms with Crippen LogP contribution in [0.3, 0.4) is 0 Å². The highest BCUT2D eigenvalue weighted by Crippen LogP contribution is 2.36. The second kappa shape index (κ2) is 5.42. The molecule has 0 radical (unpaired) electrons. The summed E-state index contributed by atoms with van der Waals surface area (Å²) in [6.07, 6.45) is 1.16. The molecule has 0 saturated carbocycles. The zero-order chi connectivity index (χ0) is 12.3. The van der Waals surface area contributed by atoms with E-state index in [1.807, 2.05) is 11.8 Å². The summed E-state index contributed by atoms with van der Waals surface area (Å²) in [6.45, 7) is 6.28. The Morgan fingerprint density at radius 3 is 2.88 bits per heavy atom. The van der Waals surface area contributed by atoms with Gasteiger partial charge in [0, 0.05) is 35.3 Å². The molecule has 1 heterocycles. The van der Waals surface area contributed by atoms with Gasteiger partial charge < -0.3 is 10.4 Å². The van der Waals surface area contributed by atoms with E-state index in [2.05, 4.69) is 43.4 Å². The highest BCUT2D eigenvalue weighted by molar-refractivity contribution is 8.00. The van der Waals surface area contributed by atoms with Crippen molar-refractivity contribution in [2.24, 2.45) is 5.41 Å². The molecule has 2 rings (SSSR count). The van der Waals surface area contributed by atoms with Crippen molar-refractivity contribution in [1.82, 2.24) is 5.32 Å². The molecule has 2 nitrogen and oxygen atoms in total. The van der Waals surface area contributed by atoms with Gasteiger partial charge in [0.1, 0.15) is 0 Å². The molecule has 1 aliphatic heterocycles. The van der Waals surface area contributed by atoms with E-state index < -0.39 is 0 Å². The number of thioether (sulfide) groups is 1. The summed E-state index contributed by atoms with van der Waals surface area (Å²) < 4.78 is 0. The Morgan fingerprint density at radius 2 is 2.18 bits per heavy atom. The van der Waals surface area contributed by atoms with Gasteiger partial charge in [-0.05, 0) is 18.1 Å². The van der Waals surface area contributed by atoms with Gasteiger partial charge in [-0.3, -0.25) is 0 Å². The average molecular weight is 251 g/mol. The molecule has 1 aliphatic rings. The highest BCUT2D eigenvalue weighted by atomic mass is 32.2. The van der Waals surface area contributed by atoms with Gasteiger partial charge >= 0.3 is 0 Å². The fourth-order valence-electron chi connectivity index (χ4n) is 2.00. The van der Waals surface area contributed by atoms with Crippen LogP contribution in [-0.2, 0) is 6.42 Å². The van der Waals surface area contributed by atoms with Gasteiger partial charge in [-0.2, -0.15) is 0 Å². The van der Waals surface area contributed by atoms with E-state index in [4.69, 9.17) is 0 Å². The Bertz CT molecular complexity index is 353. The van der Waals surface area contributed by atoms with E-state index in [9.17, 15) is 5.11 Å². The van der Waals surface area contributed by atoms with Crippen molar-refractivity contribution >= 4 is 11.8 Å². The van der Waals surface area contributed by atoms with E-state index >= 15 is 0 Å². The van der Waals surface area contributed by atoms with Gasteiger partial charge in [0.25, 0.3) is 0 Å². The molecule has 0 aromatic heterocycles. The van der Waals surface area contributed by atoms with Gasteiger partial charge in [0.05, 0.1) is 0 Å². The van der Waals surface area contributed by atoms with Crippen LogP contribution in [0.1, 0.15) is 19.4 Å². The van der Waals surface area contributed by atoms with Crippen molar-refractivity contribution in [3.05, 3.63) is 29.8 Å². The quantitative estimate of drug-likeness (QED) is 0.842. The number of fused-ring (bicyclic) bond motifs is 1. The lowest BCUT2D eigenvalue weighted by Crippen LogP contribution is -2.35. The third-order valence-corrected chi connectivity index (χ3v) is 4.44. The Kier molecular flexibility index (Phi) is 4.13. The first-order valence-corrected chi connectivity index (χ1v) is 7.05. The number of benzene rings is 1. The molecular formula is C14H21NOS. The number of hydrogen-bond acceptors (Lipinski definition) is 3. The molecule has 1 aromatic carbocycles. The second-order valence-electron chi connectivity index (χ2n) is 5.50. The summed E-state index contributed by atoms with van der Waals surface area (Å²) in [5.41, 5.74) is 1.46. The first kappa shape index (κ1) is 12.9. The maximum atomic E-state index is 9.18. The highest BCUT2D eigenvalue weighted by Gasteiger charge is 2.22. The molecule has 3 heteroatoms. The largest absolute Gasteiger partial charge is 0.396 e. The van der Waals surface area contributed by atoms with Gasteiger partial charge in [-0.15, -0.1) is 11.8 Å². The molecule has 0 amide bonds. The predicted molar refractivity (Wildman–Crippen MR) is 73.5 cm³/mol. The zero-order valence-electron chi connectivity index (χ0n) is 10.6. The van der Waals surface area contributed by atoms with Crippen molar-refractivity contribution < 1.29 is 5.11 Å². The van der Waals surface area contributed by atoms with Crippen molar-refractivity contribution in [3.63, 3.8) is 0 Å². The summed E-state index contributed by atoms with van der Waals surface area (Å²) in [5.74, 6) is 0. The number of hydrogen-bond donors (Lipinski definition) is 2. The van der Waals surface area contributed by atoms with E-state index in [1.165, 1.54) is 10.5 Å². The van der Waals surface area contributed by atoms with Crippen molar-refractivity contribution in [3.8, 4) is 0 Å². The normalized spacial score (nSPS) is 19.4. The third kappa shape index (κ3) is 3.47. The minimum absolute atomic E-state index is 0.0177. The standard InChI is InChI=1S/C14H21NOS/c1-14(2,10-16)9-15-8-12-7-11-5-3-4-6-13(11)17-12/h3-6,12,15-16H,7-10H2,1-2H3. The van der Waals surface area contributed by atoms with E-state index in [0.29, 0.717) is 5.25 Å². The molecule has 2 N–H and O–H groups in total. The molecule has 94 valence electrons. The number of aliphatic hydroxyl groups excluding tert-OH is 1. The summed E-state index contributed by atoms with van der Waals surface area (Å²) in [6, 6.07) is 8.65. The molecule has 0 spiro atoms. The van der Waals surface area contributed by atoms with Crippen LogP contribution in [0, 0.1) is 5.41 Å². The summed E-state index contributed by atoms with van der Waals surface area (Å²) in [4.78, 5) is 1.43. The van der Waals surface area contributed by atoms with E-state index in [0.717, 1.165) is 19.5 Å². The Morgan fingerprint density at radius 1 is 1.41 bits per heavy atom. The van der Waals surface area contributed by atoms with Crippen molar-refractivity contribution in [1.29, 1.82) is 0 Å². The monoisotopic (exact) mass is 251 g/mol. The molecule has 0 fully saturated rings.